The van der Waals surface area contributed by atoms with Gasteiger partial charge in [0.2, 0.25) is 0 Å². The van der Waals surface area contributed by atoms with Crippen molar-refractivity contribution in [3.05, 3.63) is 102 Å². The monoisotopic (exact) mass is 383 g/mol. The molecule has 0 bridgehead atoms. The van der Waals surface area contributed by atoms with Crippen LogP contribution in [0.15, 0.2) is 84.9 Å². The summed E-state index contributed by atoms with van der Waals surface area (Å²) in [6.07, 6.45) is -0.133. The van der Waals surface area contributed by atoms with Gasteiger partial charge in [0, 0.05) is 5.56 Å². The van der Waals surface area contributed by atoms with Crippen LogP contribution in [0, 0.1) is 0 Å². The molecule has 0 saturated carbocycles. The first kappa shape index (κ1) is 17.6. The lowest BCUT2D eigenvalue weighted by atomic mass is 9.94. The Morgan fingerprint density at radius 3 is 2.34 bits per heavy atom. The number of aromatic nitrogens is 3. The van der Waals surface area contributed by atoms with E-state index in [1.54, 1.807) is 7.11 Å². The van der Waals surface area contributed by atoms with E-state index in [4.69, 9.17) is 9.47 Å². The fourth-order valence-corrected chi connectivity index (χ4v) is 3.94. The fraction of sp³-hybridized carbons (Fsp3) is 0.167. The molecule has 1 aliphatic heterocycles. The lowest BCUT2D eigenvalue weighted by Gasteiger charge is -2.33. The number of ether oxygens (including phenoxy) is 2. The zero-order valence-corrected chi connectivity index (χ0v) is 16.1. The molecule has 29 heavy (non-hydrogen) atoms. The van der Waals surface area contributed by atoms with Gasteiger partial charge in [-0.3, -0.25) is 0 Å². The number of benzene rings is 3. The Bertz CT molecular complexity index is 1110. The van der Waals surface area contributed by atoms with Crippen LogP contribution in [0.25, 0.3) is 11.3 Å². The molecule has 0 spiro atoms. The van der Waals surface area contributed by atoms with Crippen LogP contribution in [0.4, 0.5) is 0 Å². The topological polar surface area (TPSA) is 49.2 Å². The zero-order valence-electron chi connectivity index (χ0n) is 16.1. The summed E-state index contributed by atoms with van der Waals surface area (Å²) in [4.78, 5) is 0. The van der Waals surface area contributed by atoms with Crippen molar-refractivity contribution in [3.8, 4) is 17.0 Å². The average Bonchev–Trinajstić information content (AvgIpc) is 3.24. The van der Waals surface area contributed by atoms with E-state index in [2.05, 4.69) is 34.6 Å². The maximum Gasteiger partial charge on any atom is 0.119 e. The Morgan fingerprint density at radius 1 is 0.897 bits per heavy atom. The number of fused-ring (bicyclic) bond motifs is 1. The highest BCUT2D eigenvalue weighted by Crippen LogP contribution is 2.41. The maximum absolute atomic E-state index is 6.40. The van der Waals surface area contributed by atoms with Crippen molar-refractivity contribution in [1.82, 2.24) is 15.0 Å². The second-order valence-electron chi connectivity index (χ2n) is 7.06. The molecule has 0 unspecified atom stereocenters. The molecule has 5 rings (SSSR count). The van der Waals surface area contributed by atoms with E-state index in [1.807, 2.05) is 65.3 Å². The summed E-state index contributed by atoms with van der Waals surface area (Å²) in [7, 11) is 1.67. The second kappa shape index (κ2) is 7.53. The quantitative estimate of drug-likeness (QED) is 0.507. The highest BCUT2D eigenvalue weighted by molar-refractivity contribution is 5.63. The highest BCUT2D eigenvalue weighted by atomic mass is 16.5. The summed E-state index contributed by atoms with van der Waals surface area (Å²) in [5, 5.41) is 9.09. The summed E-state index contributed by atoms with van der Waals surface area (Å²) in [6, 6.07) is 28.5. The van der Waals surface area contributed by atoms with E-state index < -0.39 is 0 Å². The average molecular weight is 383 g/mol. The normalized spacial score (nSPS) is 18.2. The standard InChI is InChI=1S/C24H21N3O2/c1-28-20-14-8-13-19(15-20)22-21-16-29-24(18-11-6-3-7-12-18)23(27(21)26-25-22)17-9-4-2-5-10-17/h2-15,23-24H,16H2,1H3/t23-,24+/m0/s1. The first-order valence-corrected chi connectivity index (χ1v) is 9.65. The zero-order chi connectivity index (χ0) is 19.6. The van der Waals surface area contributed by atoms with Crippen LogP contribution < -0.4 is 4.74 Å². The SMILES string of the molecule is COc1cccc(-c2nnn3c2CO[C@H](c2ccccc2)[C@@H]3c2ccccc2)c1. The Balaban J connectivity index is 1.63. The highest BCUT2D eigenvalue weighted by Gasteiger charge is 2.35. The smallest absolute Gasteiger partial charge is 0.119 e. The van der Waals surface area contributed by atoms with Crippen molar-refractivity contribution in [2.24, 2.45) is 0 Å². The van der Waals surface area contributed by atoms with Gasteiger partial charge >= 0.3 is 0 Å². The predicted octanol–water partition coefficient (Wildman–Crippen LogP) is 4.81. The first-order chi connectivity index (χ1) is 14.3. The fourth-order valence-electron chi connectivity index (χ4n) is 3.94. The van der Waals surface area contributed by atoms with E-state index >= 15 is 0 Å². The summed E-state index contributed by atoms with van der Waals surface area (Å²) in [5.74, 6) is 0.794. The number of nitrogens with zero attached hydrogens (tertiary/aromatic N) is 3. The molecule has 0 amide bonds. The Morgan fingerprint density at radius 2 is 1.62 bits per heavy atom. The third kappa shape index (κ3) is 3.19. The van der Waals surface area contributed by atoms with Gasteiger partial charge in [0.1, 0.15) is 23.6 Å². The summed E-state index contributed by atoms with van der Waals surface area (Å²) >= 11 is 0. The number of hydrogen-bond acceptors (Lipinski definition) is 4. The summed E-state index contributed by atoms with van der Waals surface area (Å²) in [6.45, 7) is 0.447. The van der Waals surface area contributed by atoms with Crippen molar-refractivity contribution in [3.63, 3.8) is 0 Å². The molecule has 2 heterocycles. The summed E-state index contributed by atoms with van der Waals surface area (Å²) in [5.41, 5.74) is 5.05. The number of methoxy groups -OCH3 is 1. The molecule has 0 fully saturated rings. The molecule has 3 aromatic carbocycles. The van der Waals surface area contributed by atoms with Crippen molar-refractivity contribution in [2.75, 3.05) is 7.11 Å². The molecule has 4 aromatic rings. The van der Waals surface area contributed by atoms with Gasteiger partial charge in [0.25, 0.3) is 0 Å². The minimum atomic E-state index is -0.133. The van der Waals surface area contributed by atoms with Crippen LogP contribution in [0.5, 0.6) is 5.75 Å². The van der Waals surface area contributed by atoms with Crippen molar-refractivity contribution in [2.45, 2.75) is 18.8 Å². The van der Waals surface area contributed by atoms with E-state index in [0.29, 0.717) is 6.61 Å². The van der Waals surface area contributed by atoms with Gasteiger partial charge < -0.3 is 9.47 Å². The van der Waals surface area contributed by atoms with Gasteiger partial charge in [-0.1, -0.05) is 78.0 Å². The lowest BCUT2D eigenvalue weighted by Crippen LogP contribution is -2.29. The molecule has 144 valence electrons. The maximum atomic E-state index is 6.40. The third-order valence-corrected chi connectivity index (χ3v) is 5.35. The van der Waals surface area contributed by atoms with Crippen LogP contribution in [0.3, 0.4) is 0 Å². The molecule has 0 N–H and O–H groups in total. The summed E-state index contributed by atoms with van der Waals surface area (Å²) < 4.78 is 13.8. The molecular weight excluding hydrogens is 362 g/mol. The molecular formula is C24H21N3O2. The van der Waals surface area contributed by atoms with Gasteiger partial charge in [0.05, 0.1) is 19.4 Å². The third-order valence-electron chi connectivity index (χ3n) is 5.35. The van der Waals surface area contributed by atoms with Crippen LogP contribution in [0.2, 0.25) is 0 Å². The van der Waals surface area contributed by atoms with Crippen LogP contribution >= 0.6 is 0 Å². The number of hydrogen-bond donors (Lipinski definition) is 0. The van der Waals surface area contributed by atoms with Crippen molar-refractivity contribution >= 4 is 0 Å². The van der Waals surface area contributed by atoms with Crippen molar-refractivity contribution in [1.29, 1.82) is 0 Å². The molecule has 5 heteroatoms. The van der Waals surface area contributed by atoms with Gasteiger partial charge in [-0.2, -0.15) is 0 Å². The van der Waals surface area contributed by atoms with Crippen LogP contribution in [-0.2, 0) is 11.3 Å². The van der Waals surface area contributed by atoms with Crippen LogP contribution in [-0.4, -0.2) is 22.1 Å². The lowest BCUT2D eigenvalue weighted by molar-refractivity contribution is -0.0179. The molecule has 0 aliphatic carbocycles. The Hall–Kier alpha value is -3.44. The molecule has 0 saturated heterocycles. The number of rotatable bonds is 4. The van der Waals surface area contributed by atoms with Gasteiger partial charge in [-0.15, -0.1) is 5.10 Å². The molecule has 2 atom stereocenters. The van der Waals surface area contributed by atoms with Gasteiger partial charge in [-0.05, 0) is 23.3 Å². The molecule has 5 nitrogen and oxygen atoms in total. The first-order valence-electron chi connectivity index (χ1n) is 9.65. The molecule has 1 aliphatic rings. The van der Waals surface area contributed by atoms with Crippen LogP contribution in [0.1, 0.15) is 29.0 Å². The van der Waals surface area contributed by atoms with E-state index in [-0.39, 0.29) is 12.1 Å². The van der Waals surface area contributed by atoms with E-state index in [9.17, 15) is 0 Å². The minimum absolute atomic E-state index is 0.0887. The Labute approximate surface area is 169 Å². The molecule has 1 aromatic heterocycles. The minimum Gasteiger partial charge on any atom is -0.497 e. The van der Waals surface area contributed by atoms with Gasteiger partial charge in [0.15, 0.2) is 0 Å². The molecule has 0 radical (unpaired) electrons. The van der Waals surface area contributed by atoms with E-state index in [1.165, 1.54) is 0 Å². The second-order valence-corrected chi connectivity index (χ2v) is 7.06. The Kier molecular flexibility index (Phi) is 4.58. The largest absolute Gasteiger partial charge is 0.497 e. The van der Waals surface area contributed by atoms with E-state index in [0.717, 1.165) is 33.8 Å². The van der Waals surface area contributed by atoms with Crippen molar-refractivity contribution < 1.29 is 9.47 Å². The van der Waals surface area contributed by atoms with Gasteiger partial charge in [-0.25, -0.2) is 4.68 Å². The predicted molar refractivity (Wildman–Crippen MR) is 111 cm³/mol.